The summed E-state index contributed by atoms with van der Waals surface area (Å²) in [5, 5.41) is 24.2. The molecule has 0 bridgehead atoms. The van der Waals surface area contributed by atoms with Gasteiger partial charge in [0.05, 0.1) is 25.9 Å². The molecule has 8 atom stereocenters. The van der Waals surface area contributed by atoms with Crippen molar-refractivity contribution in [3.8, 4) is 0 Å². The average Bonchev–Trinajstić information content (AvgIpc) is 3.82. The van der Waals surface area contributed by atoms with Crippen molar-refractivity contribution in [3.63, 3.8) is 0 Å². The van der Waals surface area contributed by atoms with Crippen LogP contribution in [0.1, 0.15) is 25.3 Å². The molecule has 2 saturated heterocycles. The van der Waals surface area contributed by atoms with Crippen LogP contribution < -0.4 is 22.1 Å². The third kappa shape index (κ3) is 6.79. The second-order valence-corrected chi connectivity index (χ2v) is 13.4. The SMILES string of the molecule is CO[C@@H]1[C@H](O)[C@@H](COP(=O)(NCCCN(C)C)O[C@H]2C[C@H](n3cnc4c(=O)[nH]c(N)nc43)O[C@@H]2CO)O[C@H]1n1cnc2c(N)ncnc21. The van der Waals surface area contributed by atoms with Crippen LogP contribution in [0.15, 0.2) is 23.8 Å². The van der Waals surface area contributed by atoms with Crippen molar-refractivity contribution in [2.45, 2.75) is 55.8 Å². The van der Waals surface area contributed by atoms with E-state index < -0.39 is 62.9 Å². The molecule has 0 aliphatic carbocycles. The number of fused-ring (bicyclic) bond motifs is 2. The first-order valence-corrected chi connectivity index (χ1v) is 16.7. The minimum absolute atomic E-state index is 0.0525. The van der Waals surface area contributed by atoms with Crippen LogP contribution in [0.5, 0.6) is 0 Å². The van der Waals surface area contributed by atoms with Gasteiger partial charge in [-0.05, 0) is 27.1 Å². The van der Waals surface area contributed by atoms with Crippen LogP contribution in [0, 0.1) is 0 Å². The number of hydrogen-bond acceptors (Lipinski definition) is 17. The van der Waals surface area contributed by atoms with E-state index in [0.29, 0.717) is 24.1 Å². The summed E-state index contributed by atoms with van der Waals surface area (Å²) in [5.74, 6) is 0.0747. The molecule has 0 spiro atoms. The molecule has 0 aromatic carbocycles. The van der Waals surface area contributed by atoms with Crippen molar-refractivity contribution in [2.24, 2.45) is 0 Å². The summed E-state index contributed by atoms with van der Waals surface area (Å²) in [6.45, 7) is 0.115. The number of aliphatic hydroxyl groups excluding tert-OH is 2. The molecule has 21 nitrogen and oxygen atoms in total. The zero-order valence-electron chi connectivity index (χ0n) is 26.4. The van der Waals surface area contributed by atoms with Crippen LogP contribution in [-0.2, 0) is 27.8 Å². The van der Waals surface area contributed by atoms with Gasteiger partial charge < -0.3 is 40.8 Å². The molecule has 262 valence electrons. The Morgan fingerprint density at radius 1 is 1.12 bits per heavy atom. The Kier molecular flexibility index (Phi) is 10.0. The Labute approximate surface area is 273 Å². The number of hydrogen-bond donors (Lipinski definition) is 6. The smallest absolute Gasteiger partial charge is 0.394 e. The molecule has 0 radical (unpaired) electrons. The molecular formula is C26H39N12O9P. The highest BCUT2D eigenvalue weighted by Crippen LogP contribution is 2.49. The van der Waals surface area contributed by atoms with Gasteiger partial charge in [-0.1, -0.05) is 0 Å². The zero-order valence-corrected chi connectivity index (χ0v) is 27.3. The summed E-state index contributed by atoms with van der Waals surface area (Å²) in [6, 6.07) is 0. The third-order valence-corrected chi connectivity index (χ3v) is 9.79. The number of methoxy groups -OCH3 is 1. The Balaban J connectivity index is 1.19. The fourth-order valence-electron chi connectivity index (χ4n) is 5.77. The molecule has 1 unspecified atom stereocenters. The maximum atomic E-state index is 14.3. The highest BCUT2D eigenvalue weighted by atomic mass is 31.2. The number of nitrogens with zero attached hydrogens (tertiary/aromatic N) is 8. The lowest BCUT2D eigenvalue weighted by Crippen LogP contribution is -2.36. The van der Waals surface area contributed by atoms with Crippen molar-refractivity contribution in [1.82, 2.24) is 49.0 Å². The largest absolute Gasteiger partial charge is 0.405 e. The molecule has 2 aliphatic heterocycles. The number of anilines is 2. The van der Waals surface area contributed by atoms with E-state index in [0.717, 1.165) is 0 Å². The van der Waals surface area contributed by atoms with E-state index in [1.807, 2.05) is 19.0 Å². The first-order chi connectivity index (χ1) is 23.0. The first-order valence-electron chi connectivity index (χ1n) is 15.1. The van der Waals surface area contributed by atoms with Gasteiger partial charge in [0.1, 0.15) is 48.6 Å². The first kappa shape index (κ1) is 34.2. The molecule has 0 amide bonds. The summed E-state index contributed by atoms with van der Waals surface area (Å²) in [4.78, 5) is 37.4. The summed E-state index contributed by atoms with van der Waals surface area (Å²) in [5.41, 5.74) is 12.1. The van der Waals surface area contributed by atoms with Gasteiger partial charge in [0, 0.05) is 20.1 Å². The maximum Gasteiger partial charge on any atom is 0.405 e. The average molecular weight is 695 g/mol. The zero-order chi connectivity index (χ0) is 34.2. The number of rotatable bonds is 14. The van der Waals surface area contributed by atoms with Crippen molar-refractivity contribution in [2.75, 3.05) is 59.0 Å². The van der Waals surface area contributed by atoms with E-state index in [1.165, 1.54) is 30.7 Å². The lowest BCUT2D eigenvalue weighted by atomic mass is 10.1. The minimum Gasteiger partial charge on any atom is -0.394 e. The summed E-state index contributed by atoms with van der Waals surface area (Å²) < 4.78 is 47.1. The summed E-state index contributed by atoms with van der Waals surface area (Å²) in [6.07, 6.45) is -1.81. The van der Waals surface area contributed by atoms with E-state index in [2.05, 4.69) is 35.0 Å². The molecule has 8 N–H and O–H groups in total. The lowest BCUT2D eigenvalue weighted by Gasteiger charge is -2.26. The van der Waals surface area contributed by atoms with Crippen LogP contribution in [0.2, 0.25) is 0 Å². The standard InChI is InChI=1S/C26H39N12O9P/c1-36(2)6-4-5-33-48(42,47-13-7-16(45-14(13)8-39)37-11-32-18-23(37)34-26(28)35-24(18)41)44-9-15-19(40)20(43-3)25(46-15)38-12-31-17-21(27)29-10-30-22(17)38/h10-16,19-20,25,39-40H,4-9H2,1-3H3,(H,33,42)(H2,27,29,30)(H3,28,34,35,41)/t13-,14+,15+,16+,19+,20+,25+,48?/m0/s1. The van der Waals surface area contributed by atoms with Gasteiger partial charge in [-0.2, -0.15) is 4.98 Å². The number of nitrogens with two attached hydrogens (primary N) is 2. The molecule has 0 saturated carbocycles. The second-order valence-electron chi connectivity index (χ2n) is 11.7. The molecule has 22 heteroatoms. The molecule has 4 aromatic heterocycles. The van der Waals surface area contributed by atoms with E-state index in [1.54, 1.807) is 4.57 Å². The highest BCUT2D eigenvalue weighted by molar-refractivity contribution is 7.51. The second kappa shape index (κ2) is 14.1. The van der Waals surface area contributed by atoms with Gasteiger partial charge in [0.25, 0.3) is 5.56 Å². The van der Waals surface area contributed by atoms with Crippen molar-refractivity contribution >= 4 is 41.8 Å². The molecule has 4 aromatic rings. The molecule has 2 aliphatic rings. The van der Waals surface area contributed by atoms with Crippen molar-refractivity contribution in [3.05, 3.63) is 29.3 Å². The Bertz CT molecular complexity index is 1830. The maximum absolute atomic E-state index is 14.3. The van der Waals surface area contributed by atoms with Gasteiger partial charge in [-0.3, -0.25) is 28.0 Å². The summed E-state index contributed by atoms with van der Waals surface area (Å²) in [7, 11) is 1.10. The molecule has 2 fully saturated rings. The van der Waals surface area contributed by atoms with Gasteiger partial charge in [0.2, 0.25) is 5.95 Å². The highest BCUT2D eigenvalue weighted by Gasteiger charge is 2.48. The van der Waals surface area contributed by atoms with Gasteiger partial charge in [-0.25, -0.2) is 29.6 Å². The number of imidazole rings is 2. The number of nitrogen functional groups attached to an aromatic ring is 2. The number of nitrogens with one attached hydrogen (secondary N) is 2. The predicted molar refractivity (Wildman–Crippen MR) is 168 cm³/mol. The Morgan fingerprint density at radius 3 is 2.65 bits per heavy atom. The fraction of sp³-hybridized carbons (Fsp3) is 0.615. The predicted octanol–water partition coefficient (Wildman–Crippen LogP) is -1.27. The van der Waals surface area contributed by atoms with Crippen molar-refractivity contribution in [1.29, 1.82) is 0 Å². The lowest BCUT2D eigenvalue weighted by molar-refractivity contribution is -0.0597. The molecule has 48 heavy (non-hydrogen) atoms. The quantitative estimate of drug-likeness (QED) is 0.0663. The number of H-pyrrole nitrogens is 1. The number of aromatic amines is 1. The van der Waals surface area contributed by atoms with Crippen LogP contribution in [0.3, 0.4) is 0 Å². The third-order valence-electron chi connectivity index (χ3n) is 8.14. The van der Waals surface area contributed by atoms with E-state index in [-0.39, 0.29) is 42.5 Å². The van der Waals surface area contributed by atoms with Crippen LogP contribution in [0.4, 0.5) is 11.8 Å². The number of aromatic nitrogens is 8. The Hall–Kier alpha value is -3.63. The van der Waals surface area contributed by atoms with Gasteiger partial charge in [0.15, 0.2) is 28.9 Å². The monoisotopic (exact) mass is 694 g/mol. The van der Waals surface area contributed by atoms with Crippen LogP contribution in [-0.4, -0.2) is 132 Å². The number of aliphatic hydroxyl groups is 2. The number of ether oxygens (including phenoxy) is 3. The Morgan fingerprint density at radius 2 is 1.90 bits per heavy atom. The van der Waals surface area contributed by atoms with E-state index in [9.17, 15) is 19.6 Å². The van der Waals surface area contributed by atoms with Crippen LogP contribution >= 0.6 is 7.75 Å². The normalized spacial score (nSPS) is 27.4. The van der Waals surface area contributed by atoms with Crippen molar-refractivity contribution < 1.29 is 38.0 Å². The molecule has 6 heterocycles. The molecular weight excluding hydrogens is 655 g/mol. The fourth-order valence-corrected chi connectivity index (χ4v) is 7.35. The topological polar surface area (TPSA) is 278 Å². The van der Waals surface area contributed by atoms with Gasteiger partial charge >= 0.3 is 7.75 Å². The molecule has 6 rings (SSSR count). The summed E-state index contributed by atoms with van der Waals surface area (Å²) >= 11 is 0. The van der Waals surface area contributed by atoms with E-state index >= 15 is 0 Å². The van der Waals surface area contributed by atoms with E-state index in [4.69, 9.17) is 34.7 Å². The minimum atomic E-state index is -4.14. The van der Waals surface area contributed by atoms with Crippen LogP contribution in [0.25, 0.3) is 22.3 Å². The van der Waals surface area contributed by atoms with Gasteiger partial charge in [-0.15, -0.1) is 0 Å².